The second-order valence-electron chi connectivity index (χ2n) is 8.77. The summed E-state index contributed by atoms with van der Waals surface area (Å²) in [4.78, 5) is 19.1. The van der Waals surface area contributed by atoms with Crippen LogP contribution in [-0.4, -0.2) is 50.9 Å². The maximum atomic E-state index is 13.2. The van der Waals surface area contributed by atoms with Crippen LogP contribution in [0.2, 0.25) is 0 Å². The molecule has 1 heterocycles. The minimum absolute atomic E-state index is 0.0115. The van der Waals surface area contributed by atoms with Crippen molar-refractivity contribution < 1.29 is 13.2 Å². The van der Waals surface area contributed by atoms with Crippen molar-refractivity contribution in [2.45, 2.75) is 69.2 Å². The smallest absolute Gasteiger partial charge is 0.241 e. The van der Waals surface area contributed by atoms with E-state index in [-0.39, 0.29) is 16.8 Å². The standard InChI is InChI=1S/C22H35N5O3S/c1-16-10-13-27(14-11-16)21(28)20(7-4-12-25-22(23)24)26-31(29,30)19-9-8-17-5-2-3-6-18(17)15-19/h8-9,15-16,20,26H,2-7,10-14H2,1H3,(H4,23,24,25). The van der Waals surface area contributed by atoms with Gasteiger partial charge >= 0.3 is 0 Å². The van der Waals surface area contributed by atoms with Gasteiger partial charge in [-0.1, -0.05) is 13.0 Å². The third-order valence-corrected chi connectivity index (χ3v) is 7.74. The van der Waals surface area contributed by atoms with E-state index in [4.69, 9.17) is 11.5 Å². The van der Waals surface area contributed by atoms with Crippen LogP contribution in [0.4, 0.5) is 0 Å². The van der Waals surface area contributed by atoms with Gasteiger partial charge in [-0.2, -0.15) is 4.72 Å². The fourth-order valence-electron chi connectivity index (χ4n) is 4.32. The third kappa shape index (κ3) is 6.43. The zero-order valence-electron chi connectivity index (χ0n) is 18.3. The number of nitrogens with one attached hydrogen (secondary N) is 1. The number of sulfonamides is 1. The molecule has 1 aromatic carbocycles. The molecule has 1 aliphatic carbocycles. The summed E-state index contributed by atoms with van der Waals surface area (Å²) in [5.74, 6) is 0.400. The average Bonchev–Trinajstić information content (AvgIpc) is 2.75. The van der Waals surface area contributed by atoms with Crippen LogP contribution < -0.4 is 16.2 Å². The summed E-state index contributed by atoms with van der Waals surface area (Å²) < 4.78 is 29.0. The number of carbonyl (C=O) groups excluding carboxylic acids is 1. The van der Waals surface area contributed by atoms with Gasteiger partial charge in [0.25, 0.3) is 0 Å². The summed E-state index contributed by atoms with van der Waals surface area (Å²) in [6.45, 7) is 3.84. The van der Waals surface area contributed by atoms with Crippen molar-refractivity contribution in [3.63, 3.8) is 0 Å². The van der Waals surface area contributed by atoms with E-state index in [0.29, 0.717) is 38.4 Å². The Labute approximate surface area is 185 Å². The summed E-state index contributed by atoms with van der Waals surface area (Å²) in [6.07, 6.45) is 6.81. The molecule has 1 saturated heterocycles. The molecule has 1 aromatic rings. The van der Waals surface area contributed by atoms with Crippen LogP contribution in [0.5, 0.6) is 0 Å². The number of fused-ring (bicyclic) bond motifs is 1. The predicted octanol–water partition coefficient (Wildman–Crippen LogP) is 1.52. The average molecular weight is 450 g/mol. The molecule has 31 heavy (non-hydrogen) atoms. The van der Waals surface area contributed by atoms with Crippen LogP contribution in [-0.2, 0) is 27.7 Å². The molecule has 1 fully saturated rings. The lowest BCUT2D eigenvalue weighted by atomic mass is 9.92. The number of nitrogens with two attached hydrogens (primary N) is 2. The van der Waals surface area contributed by atoms with Gasteiger partial charge in [0.15, 0.2) is 5.96 Å². The minimum atomic E-state index is -3.82. The summed E-state index contributed by atoms with van der Waals surface area (Å²) in [7, 11) is -3.82. The van der Waals surface area contributed by atoms with Gasteiger partial charge < -0.3 is 16.4 Å². The Balaban J connectivity index is 1.75. The van der Waals surface area contributed by atoms with Crippen molar-refractivity contribution in [1.29, 1.82) is 0 Å². The molecule has 1 unspecified atom stereocenters. The van der Waals surface area contributed by atoms with E-state index in [1.807, 2.05) is 6.07 Å². The zero-order chi connectivity index (χ0) is 22.4. The fourth-order valence-corrected chi connectivity index (χ4v) is 5.59. The van der Waals surface area contributed by atoms with Gasteiger partial charge in [-0.15, -0.1) is 0 Å². The molecule has 1 atom stereocenters. The zero-order valence-corrected chi connectivity index (χ0v) is 19.2. The number of aryl methyl sites for hydroxylation is 2. The molecular formula is C22H35N5O3S. The highest BCUT2D eigenvalue weighted by Crippen LogP contribution is 2.25. The van der Waals surface area contributed by atoms with Crippen LogP contribution in [0.25, 0.3) is 0 Å². The van der Waals surface area contributed by atoms with Crippen LogP contribution in [0.1, 0.15) is 56.6 Å². The molecule has 8 nitrogen and oxygen atoms in total. The largest absolute Gasteiger partial charge is 0.370 e. The molecule has 9 heteroatoms. The lowest BCUT2D eigenvalue weighted by Gasteiger charge is -2.33. The second-order valence-corrected chi connectivity index (χ2v) is 10.5. The molecule has 1 aliphatic heterocycles. The van der Waals surface area contributed by atoms with Crippen LogP contribution in [0, 0.1) is 5.92 Å². The van der Waals surface area contributed by atoms with E-state index >= 15 is 0 Å². The number of nitrogens with zero attached hydrogens (tertiary/aromatic N) is 2. The minimum Gasteiger partial charge on any atom is -0.370 e. The predicted molar refractivity (Wildman–Crippen MR) is 122 cm³/mol. The molecule has 2 aliphatic rings. The molecule has 0 spiro atoms. The van der Waals surface area contributed by atoms with Crippen molar-refractivity contribution in [3.8, 4) is 0 Å². The number of hydrogen-bond acceptors (Lipinski definition) is 4. The molecule has 3 rings (SSSR count). The Morgan fingerprint density at radius 1 is 1.19 bits per heavy atom. The van der Waals surface area contributed by atoms with Gasteiger partial charge in [0.2, 0.25) is 15.9 Å². The maximum absolute atomic E-state index is 13.2. The van der Waals surface area contributed by atoms with Gasteiger partial charge in [-0.05, 0) is 80.5 Å². The Kier molecular flexibility index (Phi) is 7.94. The molecule has 172 valence electrons. The summed E-state index contributed by atoms with van der Waals surface area (Å²) >= 11 is 0. The SMILES string of the molecule is CC1CCN(C(=O)C(CCCN=C(N)N)NS(=O)(=O)c2ccc3c(c2)CCCC3)CC1. The molecular weight excluding hydrogens is 414 g/mol. The Bertz CT molecular complexity index is 904. The monoisotopic (exact) mass is 449 g/mol. The van der Waals surface area contributed by atoms with Crippen molar-refractivity contribution in [3.05, 3.63) is 29.3 Å². The van der Waals surface area contributed by atoms with Gasteiger partial charge in [0.1, 0.15) is 6.04 Å². The number of piperidine rings is 1. The number of benzene rings is 1. The molecule has 1 amide bonds. The first-order valence-electron chi connectivity index (χ1n) is 11.2. The number of hydrogen-bond donors (Lipinski definition) is 3. The van der Waals surface area contributed by atoms with E-state index in [0.717, 1.165) is 44.1 Å². The number of guanidine groups is 1. The molecule has 5 N–H and O–H groups in total. The van der Waals surface area contributed by atoms with Gasteiger partial charge in [-0.25, -0.2) is 8.42 Å². The number of amides is 1. The number of likely N-dealkylation sites (tertiary alicyclic amines) is 1. The van der Waals surface area contributed by atoms with Crippen molar-refractivity contribution >= 4 is 21.9 Å². The Hall–Kier alpha value is -2.13. The van der Waals surface area contributed by atoms with Gasteiger partial charge in [-0.3, -0.25) is 9.79 Å². The highest BCUT2D eigenvalue weighted by Gasteiger charge is 2.31. The van der Waals surface area contributed by atoms with Crippen LogP contribution >= 0.6 is 0 Å². The Morgan fingerprint density at radius 2 is 1.87 bits per heavy atom. The van der Waals surface area contributed by atoms with Crippen molar-refractivity contribution in [2.24, 2.45) is 22.4 Å². The first-order valence-corrected chi connectivity index (χ1v) is 12.7. The van der Waals surface area contributed by atoms with Gasteiger partial charge in [0, 0.05) is 19.6 Å². The molecule has 0 radical (unpaired) electrons. The molecule has 0 saturated carbocycles. The van der Waals surface area contributed by atoms with Gasteiger partial charge in [0.05, 0.1) is 4.90 Å². The molecule has 0 aromatic heterocycles. The number of rotatable bonds is 8. The van der Waals surface area contributed by atoms with Crippen molar-refractivity contribution in [1.82, 2.24) is 9.62 Å². The lowest BCUT2D eigenvalue weighted by molar-refractivity contribution is -0.134. The molecule has 0 bridgehead atoms. The highest BCUT2D eigenvalue weighted by atomic mass is 32.2. The first kappa shape index (κ1) is 23.5. The lowest BCUT2D eigenvalue weighted by Crippen LogP contribution is -2.50. The van der Waals surface area contributed by atoms with Crippen molar-refractivity contribution in [2.75, 3.05) is 19.6 Å². The normalized spacial score (nSPS) is 18.3. The highest BCUT2D eigenvalue weighted by molar-refractivity contribution is 7.89. The van der Waals surface area contributed by atoms with E-state index < -0.39 is 16.1 Å². The summed E-state index contributed by atoms with van der Waals surface area (Å²) in [5, 5.41) is 0. The summed E-state index contributed by atoms with van der Waals surface area (Å²) in [5.41, 5.74) is 13.1. The topological polar surface area (TPSA) is 131 Å². The fraction of sp³-hybridized carbons (Fsp3) is 0.636. The second kappa shape index (κ2) is 10.5. The van der Waals surface area contributed by atoms with E-state index in [1.54, 1.807) is 17.0 Å². The van der Waals surface area contributed by atoms with Crippen LogP contribution in [0.3, 0.4) is 0 Å². The van der Waals surface area contributed by atoms with E-state index in [2.05, 4.69) is 16.6 Å². The summed E-state index contributed by atoms with van der Waals surface area (Å²) in [6, 6.07) is 4.49. The number of carbonyl (C=O) groups is 1. The first-order chi connectivity index (χ1) is 14.8. The van der Waals surface area contributed by atoms with E-state index in [1.165, 1.54) is 5.56 Å². The quantitative estimate of drug-likeness (QED) is 0.315. The third-order valence-electron chi connectivity index (χ3n) is 6.27. The Morgan fingerprint density at radius 3 is 2.55 bits per heavy atom. The van der Waals surface area contributed by atoms with Crippen LogP contribution in [0.15, 0.2) is 28.1 Å². The maximum Gasteiger partial charge on any atom is 0.241 e. The van der Waals surface area contributed by atoms with E-state index in [9.17, 15) is 13.2 Å². The number of aliphatic imine (C=N–C) groups is 1.